The number of nitrogens with zero attached hydrogens (tertiary/aromatic N) is 1. The number of aromatic nitrogens is 1. The van der Waals surface area contributed by atoms with Gasteiger partial charge < -0.3 is 4.74 Å². The van der Waals surface area contributed by atoms with E-state index < -0.39 is 28.0 Å². The SMILES string of the molecule is COS(=O)(=O)Cc1ccc(OC(F)(F)F)cn1. The number of pyridine rings is 1. The van der Waals surface area contributed by atoms with E-state index in [2.05, 4.69) is 13.9 Å². The minimum absolute atomic E-state index is 0.0568. The second-order valence-corrected chi connectivity index (χ2v) is 4.64. The first-order chi connectivity index (χ1) is 7.72. The average molecular weight is 271 g/mol. The minimum atomic E-state index is -4.80. The third-order valence-corrected chi connectivity index (χ3v) is 2.77. The van der Waals surface area contributed by atoms with Crippen molar-refractivity contribution in [3.63, 3.8) is 0 Å². The summed E-state index contributed by atoms with van der Waals surface area (Å²) < 4.78 is 65.2. The van der Waals surface area contributed by atoms with Gasteiger partial charge in [-0.3, -0.25) is 9.17 Å². The number of rotatable bonds is 4. The van der Waals surface area contributed by atoms with Crippen molar-refractivity contribution in [2.75, 3.05) is 7.11 Å². The van der Waals surface area contributed by atoms with Crippen molar-refractivity contribution in [3.05, 3.63) is 24.0 Å². The van der Waals surface area contributed by atoms with Crippen LogP contribution in [0.5, 0.6) is 5.75 Å². The Labute approximate surface area is 95.3 Å². The van der Waals surface area contributed by atoms with Crippen molar-refractivity contribution in [3.8, 4) is 5.75 Å². The van der Waals surface area contributed by atoms with E-state index in [9.17, 15) is 21.6 Å². The number of ether oxygens (including phenoxy) is 1. The molecule has 0 amide bonds. The van der Waals surface area contributed by atoms with Crippen molar-refractivity contribution in [2.45, 2.75) is 12.1 Å². The summed E-state index contributed by atoms with van der Waals surface area (Å²) in [5.41, 5.74) is 0.0568. The summed E-state index contributed by atoms with van der Waals surface area (Å²) in [4.78, 5) is 3.51. The highest BCUT2D eigenvalue weighted by Crippen LogP contribution is 2.21. The second kappa shape index (κ2) is 4.88. The fourth-order valence-electron chi connectivity index (χ4n) is 0.930. The molecule has 96 valence electrons. The summed E-state index contributed by atoms with van der Waals surface area (Å²) in [5.74, 6) is -1.04. The Balaban J connectivity index is 2.76. The predicted octanol–water partition coefficient (Wildman–Crippen LogP) is 1.46. The Hall–Kier alpha value is -1.35. The normalized spacial score (nSPS) is 12.5. The first-order valence-electron chi connectivity index (χ1n) is 4.21. The molecule has 0 unspecified atom stereocenters. The van der Waals surface area contributed by atoms with E-state index in [1.165, 1.54) is 0 Å². The minimum Gasteiger partial charge on any atom is -0.404 e. The summed E-state index contributed by atoms with van der Waals surface area (Å²) in [6.45, 7) is 0. The average Bonchev–Trinajstić information content (AvgIpc) is 2.19. The molecule has 0 N–H and O–H groups in total. The van der Waals surface area contributed by atoms with Crippen LogP contribution in [0, 0.1) is 0 Å². The standard InChI is InChI=1S/C8H8F3NO4S/c1-15-17(13,14)5-6-2-3-7(4-12-6)16-8(9,10)11/h2-4H,5H2,1H3. The van der Waals surface area contributed by atoms with E-state index in [4.69, 9.17) is 0 Å². The quantitative estimate of drug-likeness (QED) is 0.775. The van der Waals surface area contributed by atoms with Gasteiger partial charge in [0.2, 0.25) is 0 Å². The highest BCUT2D eigenvalue weighted by molar-refractivity contribution is 7.85. The van der Waals surface area contributed by atoms with Gasteiger partial charge in [0.25, 0.3) is 10.1 Å². The molecule has 0 aliphatic rings. The maximum Gasteiger partial charge on any atom is 0.573 e. The van der Waals surface area contributed by atoms with Gasteiger partial charge in [-0.05, 0) is 12.1 Å². The van der Waals surface area contributed by atoms with E-state index in [1.54, 1.807) is 0 Å². The van der Waals surface area contributed by atoms with E-state index in [-0.39, 0.29) is 5.69 Å². The Kier molecular flexibility index (Phi) is 3.94. The van der Waals surface area contributed by atoms with Crippen LogP contribution in [0.1, 0.15) is 5.69 Å². The van der Waals surface area contributed by atoms with E-state index >= 15 is 0 Å². The van der Waals surface area contributed by atoms with Crippen molar-refractivity contribution in [1.82, 2.24) is 4.98 Å². The van der Waals surface area contributed by atoms with Gasteiger partial charge in [0.1, 0.15) is 11.5 Å². The van der Waals surface area contributed by atoms with Gasteiger partial charge >= 0.3 is 6.36 Å². The maximum absolute atomic E-state index is 11.8. The van der Waals surface area contributed by atoms with Crippen LogP contribution in [-0.2, 0) is 20.1 Å². The topological polar surface area (TPSA) is 65.5 Å². The summed E-state index contributed by atoms with van der Waals surface area (Å²) in [6, 6.07) is 2.08. The Morgan fingerprint density at radius 3 is 2.41 bits per heavy atom. The maximum atomic E-state index is 11.8. The van der Waals surface area contributed by atoms with Gasteiger partial charge in [-0.15, -0.1) is 13.2 Å². The van der Waals surface area contributed by atoms with E-state index in [0.717, 1.165) is 25.4 Å². The first kappa shape index (κ1) is 13.7. The molecule has 1 aromatic rings. The van der Waals surface area contributed by atoms with Crippen LogP contribution in [0.4, 0.5) is 13.2 Å². The third-order valence-electron chi connectivity index (χ3n) is 1.61. The highest BCUT2D eigenvalue weighted by Gasteiger charge is 2.31. The summed E-state index contributed by atoms with van der Waals surface area (Å²) >= 11 is 0. The molecule has 17 heavy (non-hydrogen) atoms. The molecular weight excluding hydrogens is 263 g/mol. The van der Waals surface area contributed by atoms with Gasteiger partial charge in [-0.2, -0.15) is 8.42 Å². The van der Waals surface area contributed by atoms with Crippen molar-refractivity contribution < 1.29 is 30.5 Å². The molecule has 0 aliphatic carbocycles. The molecule has 9 heteroatoms. The van der Waals surface area contributed by atoms with Gasteiger partial charge in [0.15, 0.2) is 0 Å². The van der Waals surface area contributed by atoms with E-state index in [1.807, 2.05) is 0 Å². The monoisotopic (exact) mass is 271 g/mol. The lowest BCUT2D eigenvalue weighted by Gasteiger charge is -2.08. The largest absolute Gasteiger partial charge is 0.573 e. The van der Waals surface area contributed by atoms with Crippen LogP contribution in [0.2, 0.25) is 0 Å². The Bertz CT molecular complexity index is 469. The molecule has 0 fully saturated rings. The smallest absolute Gasteiger partial charge is 0.404 e. The number of halogens is 3. The van der Waals surface area contributed by atoms with Crippen LogP contribution in [0.15, 0.2) is 18.3 Å². The molecule has 0 aromatic carbocycles. The Morgan fingerprint density at radius 1 is 1.35 bits per heavy atom. The first-order valence-corrected chi connectivity index (χ1v) is 5.78. The van der Waals surface area contributed by atoms with Gasteiger partial charge in [0, 0.05) is 0 Å². The lowest BCUT2D eigenvalue weighted by atomic mass is 10.4. The van der Waals surface area contributed by atoms with Crippen molar-refractivity contribution >= 4 is 10.1 Å². The lowest BCUT2D eigenvalue weighted by Crippen LogP contribution is -2.17. The molecule has 0 saturated carbocycles. The third kappa shape index (κ3) is 5.00. The fourth-order valence-corrected chi connectivity index (χ4v) is 1.58. The van der Waals surface area contributed by atoms with Crippen LogP contribution in [-0.4, -0.2) is 26.9 Å². The summed E-state index contributed by atoms with van der Waals surface area (Å²) in [7, 11) is -2.76. The highest BCUT2D eigenvalue weighted by atomic mass is 32.2. The zero-order valence-electron chi connectivity index (χ0n) is 8.56. The van der Waals surface area contributed by atoms with Crippen molar-refractivity contribution in [1.29, 1.82) is 0 Å². The van der Waals surface area contributed by atoms with Gasteiger partial charge in [0.05, 0.1) is 19.0 Å². The Morgan fingerprint density at radius 2 is 2.00 bits per heavy atom. The number of hydrogen-bond donors (Lipinski definition) is 0. The summed E-state index contributed by atoms with van der Waals surface area (Å²) in [6.07, 6.45) is -4.02. The van der Waals surface area contributed by atoms with Crippen LogP contribution < -0.4 is 4.74 Å². The molecule has 0 aliphatic heterocycles. The molecule has 0 spiro atoms. The van der Waals surface area contributed by atoms with Gasteiger partial charge in [-0.25, -0.2) is 0 Å². The molecule has 1 rings (SSSR count). The lowest BCUT2D eigenvalue weighted by molar-refractivity contribution is -0.274. The molecule has 0 bridgehead atoms. The molecule has 1 heterocycles. The fraction of sp³-hybridized carbons (Fsp3) is 0.375. The van der Waals surface area contributed by atoms with Crippen LogP contribution in [0.25, 0.3) is 0 Å². The van der Waals surface area contributed by atoms with Crippen LogP contribution in [0.3, 0.4) is 0 Å². The molecule has 0 saturated heterocycles. The zero-order valence-corrected chi connectivity index (χ0v) is 9.38. The molecule has 1 aromatic heterocycles. The van der Waals surface area contributed by atoms with Crippen molar-refractivity contribution in [2.24, 2.45) is 0 Å². The molecule has 0 atom stereocenters. The second-order valence-electron chi connectivity index (χ2n) is 2.90. The van der Waals surface area contributed by atoms with E-state index in [0.29, 0.717) is 0 Å². The van der Waals surface area contributed by atoms with Gasteiger partial charge in [-0.1, -0.05) is 0 Å². The molecule has 0 radical (unpaired) electrons. The summed E-state index contributed by atoms with van der Waals surface area (Å²) in [5, 5.41) is 0. The molecule has 5 nitrogen and oxygen atoms in total. The molecular formula is C8H8F3NO4S. The zero-order chi connectivity index (χ0) is 13.1. The predicted molar refractivity (Wildman–Crippen MR) is 50.6 cm³/mol. The number of alkyl halides is 3. The van der Waals surface area contributed by atoms with Crippen LogP contribution >= 0.6 is 0 Å². The number of hydrogen-bond acceptors (Lipinski definition) is 5.